The van der Waals surface area contributed by atoms with Gasteiger partial charge in [0, 0.05) is 27.4 Å². The normalized spacial score (nSPS) is 13.4. The van der Waals surface area contributed by atoms with E-state index in [9.17, 15) is 14.7 Å². The first-order chi connectivity index (χ1) is 14.9. The molecule has 1 aliphatic carbocycles. The highest BCUT2D eigenvalue weighted by Crippen LogP contribution is 2.38. The van der Waals surface area contributed by atoms with Crippen molar-refractivity contribution in [3.8, 4) is 5.00 Å². The summed E-state index contributed by atoms with van der Waals surface area (Å²) >= 11 is 1.58. The van der Waals surface area contributed by atoms with Gasteiger partial charge in [0.2, 0.25) is 0 Å². The minimum absolute atomic E-state index is 0.274. The van der Waals surface area contributed by atoms with Gasteiger partial charge in [-0.2, -0.15) is 5.10 Å². The van der Waals surface area contributed by atoms with E-state index in [0.717, 1.165) is 58.8 Å². The van der Waals surface area contributed by atoms with Gasteiger partial charge in [-0.1, -0.05) is 17.7 Å². The van der Waals surface area contributed by atoms with Crippen molar-refractivity contribution < 1.29 is 14.7 Å². The number of hydrogen-bond acceptors (Lipinski definition) is 4. The molecule has 0 bridgehead atoms. The molecule has 0 aliphatic heterocycles. The first-order valence-corrected chi connectivity index (χ1v) is 11.2. The quantitative estimate of drug-likeness (QED) is 0.446. The maximum atomic E-state index is 12.3. The number of carboxylic acids is 1. The molecule has 0 saturated heterocycles. The molecule has 0 fully saturated rings. The Kier molecular flexibility index (Phi) is 5.78. The third-order valence-corrected chi connectivity index (χ3v) is 7.00. The van der Waals surface area contributed by atoms with E-state index in [1.54, 1.807) is 29.7 Å². The Labute approximate surface area is 185 Å². The predicted molar refractivity (Wildman–Crippen MR) is 123 cm³/mol. The fraction of sp³-hybridized carbons (Fsp3) is 0.292. The Hall–Kier alpha value is -3.19. The predicted octanol–water partition coefficient (Wildman–Crippen LogP) is 4.80. The van der Waals surface area contributed by atoms with E-state index in [-0.39, 0.29) is 5.91 Å². The van der Waals surface area contributed by atoms with Crippen LogP contribution in [0.15, 0.2) is 35.4 Å². The third-order valence-electron chi connectivity index (χ3n) is 5.72. The molecule has 0 radical (unpaired) electrons. The van der Waals surface area contributed by atoms with E-state index in [4.69, 9.17) is 0 Å². The van der Waals surface area contributed by atoms with Crippen molar-refractivity contribution in [1.82, 2.24) is 9.99 Å². The average Bonchev–Trinajstić information content (AvgIpc) is 3.25. The SMILES string of the molecule is Cc1ccc(C(=O)NN=Cc2cc(C)n(-c3sc4c(c3C(=O)O)CCCC4)c2C)cc1. The zero-order valence-electron chi connectivity index (χ0n) is 17.9. The van der Waals surface area contributed by atoms with Crippen LogP contribution in [0.4, 0.5) is 0 Å². The van der Waals surface area contributed by atoms with Crippen LogP contribution in [0.2, 0.25) is 0 Å². The highest BCUT2D eigenvalue weighted by atomic mass is 32.1. The Bertz CT molecular complexity index is 1190. The van der Waals surface area contributed by atoms with E-state index >= 15 is 0 Å². The molecule has 1 aliphatic rings. The van der Waals surface area contributed by atoms with Gasteiger partial charge in [-0.15, -0.1) is 11.3 Å². The molecule has 0 atom stereocenters. The number of carbonyl (C=O) groups is 2. The number of carboxylic acid groups (broad SMARTS) is 1. The van der Waals surface area contributed by atoms with Crippen LogP contribution >= 0.6 is 11.3 Å². The van der Waals surface area contributed by atoms with Gasteiger partial charge in [0.15, 0.2) is 0 Å². The number of hydrazone groups is 1. The van der Waals surface area contributed by atoms with Crippen LogP contribution in [-0.4, -0.2) is 27.8 Å². The van der Waals surface area contributed by atoms with E-state index < -0.39 is 5.97 Å². The van der Waals surface area contributed by atoms with Crippen LogP contribution in [0.3, 0.4) is 0 Å². The topological polar surface area (TPSA) is 83.7 Å². The number of benzene rings is 1. The Morgan fingerprint density at radius 1 is 1.13 bits per heavy atom. The summed E-state index contributed by atoms with van der Waals surface area (Å²) in [5.41, 5.74) is 8.28. The maximum absolute atomic E-state index is 12.3. The second kappa shape index (κ2) is 8.51. The monoisotopic (exact) mass is 435 g/mol. The lowest BCUT2D eigenvalue weighted by atomic mass is 9.95. The number of nitrogens with one attached hydrogen (secondary N) is 1. The average molecular weight is 436 g/mol. The van der Waals surface area contributed by atoms with Gasteiger partial charge in [-0.05, 0) is 70.2 Å². The molecular weight excluding hydrogens is 410 g/mol. The summed E-state index contributed by atoms with van der Waals surface area (Å²) in [6, 6.07) is 9.25. The van der Waals surface area contributed by atoms with Crippen LogP contribution in [0.5, 0.6) is 0 Å². The summed E-state index contributed by atoms with van der Waals surface area (Å²) in [4.78, 5) is 25.5. The van der Waals surface area contributed by atoms with Gasteiger partial charge in [-0.3, -0.25) is 4.79 Å². The van der Waals surface area contributed by atoms with E-state index in [2.05, 4.69) is 10.5 Å². The lowest BCUT2D eigenvalue weighted by molar-refractivity contribution is 0.0695. The number of aryl methyl sites for hydroxylation is 3. The minimum atomic E-state index is -0.873. The van der Waals surface area contributed by atoms with Crippen LogP contribution in [0.25, 0.3) is 5.00 Å². The molecule has 6 nitrogen and oxygen atoms in total. The fourth-order valence-electron chi connectivity index (χ4n) is 4.09. The van der Waals surface area contributed by atoms with Crippen molar-refractivity contribution in [1.29, 1.82) is 0 Å². The molecule has 160 valence electrons. The first-order valence-electron chi connectivity index (χ1n) is 10.3. The van der Waals surface area contributed by atoms with Crippen molar-refractivity contribution >= 4 is 29.4 Å². The number of nitrogens with zero attached hydrogens (tertiary/aromatic N) is 2. The molecule has 1 aromatic carbocycles. The van der Waals surface area contributed by atoms with Gasteiger partial charge in [0.05, 0.1) is 11.8 Å². The van der Waals surface area contributed by atoms with Gasteiger partial charge in [0.25, 0.3) is 5.91 Å². The van der Waals surface area contributed by atoms with E-state index in [1.165, 1.54) is 4.88 Å². The van der Waals surface area contributed by atoms with Crippen molar-refractivity contribution in [3.05, 3.63) is 74.4 Å². The first kappa shape index (κ1) is 21.1. The number of aromatic nitrogens is 1. The van der Waals surface area contributed by atoms with Crippen molar-refractivity contribution in [2.24, 2.45) is 5.10 Å². The number of hydrogen-bond donors (Lipinski definition) is 2. The molecule has 2 N–H and O–H groups in total. The largest absolute Gasteiger partial charge is 0.478 e. The molecule has 0 saturated carbocycles. The maximum Gasteiger partial charge on any atom is 0.339 e. The standard InChI is InChI=1S/C24H25N3O3S/c1-14-8-10-17(11-9-14)22(28)26-25-13-18-12-15(2)27(16(18)3)23-21(24(29)30)19-6-4-5-7-20(19)31-23/h8-13H,4-7H2,1-3H3,(H,26,28)(H,29,30). The summed E-state index contributed by atoms with van der Waals surface area (Å²) in [6.07, 6.45) is 5.52. The minimum Gasteiger partial charge on any atom is -0.478 e. The molecule has 0 spiro atoms. The summed E-state index contributed by atoms with van der Waals surface area (Å²) < 4.78 is 2.00. The Balaban J connectivity index is 1.62. The second-order valence-electron chi connectivity index (χ2n) is 7.92. The number of fused-ring (bicyclic) bond motifs is 1. The van der Waals surface area contributed by atoms with Crippen LogP contribution in [0, 0.1) is 20.8 Å². The molecule has 0 unspecified atom stereocenters. The smallest absolute Gasteiger partial charge is 0.339 e. The summed E-state index contributed by atoms with van der Waals surface area (Å²) in [7, 11) is 0. The van der Waals surface area contributed by atoms with Crippen LogP contribution in [0.1, 0.15) is 66.5 Å². The lowest BCUT2D eigenvalue weighted by Gasteiger charge is -2.11. The van der Waals surface area contributed by atoms with Crippen LogP contribution in [-0.2, 0) is 12.8 Å². The summed E-state index contributed by atoms with van der Waals surface area (Å²) in [5, 5.41) is 14.8. The molecule has 7 heteroatoms. The molecule has 31 heavy (non-hydrogen) atoms. The van der Waals surface area contributed by atoms with Gasteiger partial charge >= 0.3 is 5.97 Å². The second-order valence-corrected chi connectivity index (χ2v) is 9.01. The third kappa shape index (κ3) is 4.05. The van der Waals surface area contributed by atoms with Gasteiger partial charge in [0.1, 0.15) is 5.00 Å². The molecular formula is C24H25N3O3S. The van der Waals surface area contributed by atoms with E-state index in [0.29, 0.717) is 11.1 Å². The highest BCUT2D eigenvalue weighted by Gasteiger charge is 2.27. The van der Waals surface area contributed by atoms with Gasteiger partial charge in [-0.25, -0.2) is 10.2 Å². The number of rotatable bonds is 5. The Morgan fingerprint density at radius 2 is 1.84 bits per heavy atom. The molecule has 4 rings (SSSR count). The molecule has 1 amide bonds. The number of amides is 1. The number of thiophene rings is 1. The molecule has 2 heterocycles. The molecule has 3 aromatic rings. The van der Waals surface area contributed by atoms with Crippen molar-refractivity contribution in [3.63, 3.8) is 0 Å². The molecule has 2 aromatic heterocycles. The van der Waals surface area contributed by atoms with Crippen molar-refractivity contribution in [2.75, 3.05) is 0 Å². The highest BCUT2D eigenvalue weighted by molar-refractivity contribution is 7.15. The summed E-state index contributed by atoms with van der Waals surface area (Å²) in [5.74, 6) is -1.15. The zero-order valence-corrected chi connectivity index (χ0v) is 18.7. The van der Waals surface area contributed by atoms with Crippen molar-refractivity contribution in [2.45, 2.75) is 46.5 Å². The summed E-state index contributed by atoms with van der Waals surface area (Å²) in [6.45, 7) is 5.87. The Morgan fingerprint density at radius 3 is 2.55 bits per heavy atom. The zero-order chi connectivity index (χ0) is 22.1. The van der Waals surface area contributed by atoms with Crippen LogP contribution < -0.4 is 5.43 Å². The van der Waals surface area contributed by atoms with E-state index in [1.807, 2.05) is 43.5 Å². The lowest BCUT2D eigenvalue weighted by Crippen LogP contribution is -2.17. The number of carbonyl (C=O) groups excluding carboxylic acids is 1. The number of aromatic carboxylic acids is 1. The fourth-order valence-corrected chi connectivity index (χ4v) is 5.58. The van der Waals surface area contributed by atoms with Gasteiger partial charge < -0.3 is 9.67 Å².